The Balaban J connectivity index is 0.645. The van der Waals surface area contributed by atoms with Gasteiger partial charge in [-0.1, -0.05) is 37.1 Å². The van der Waals surface area contributed by atoms with Crippen LogP contribution in [-0.4, -0.2) is 154 Å². The van der Waals surface area contributed by atoms with Gasteiger partial charge in [0, 0.05) is 86.5 Å². The zero-order chi connectivity index (χ0) is 47.3. The van der Waals surface area contributed by atoms with Gasteiger partial charge >= 0.3 is 0 Å². The summed E-state index contributed by atoms with van der Waals surface area (Å²) in [6, 6.07) is 17.0. The highest BCUT2D eigenvalue weighted by atomic mass is 16.6. The molecule has 68 heavy (non-hydrogen) atoms. The van der Waals surface area contributed by atoms with E-state index in [1.165, 1.54) is 5.56 Å². The van der Waals surface area contributed by atoms with E-state index < -0.39 is 11.9 Å². The van der Waals surface area contributed by atoms with Crippen molar-refractivity contribution in [3.8, 4) is 0 Å². The zero-order valence-corrected chi connectivity index (χ0v) is 39.4. The average molecular weight is 936 g/mol. The number of unbranched alkanes of at least 4 members (excludes halogenated alkanes) is 1. The summed E-state index contributed by atoms with van der Waals surface area (Å²) in [5.74, 6) is 0.262. The van der Waals surface area contributed by atoms with Gasteiger partial charge in [0.25, 0.3) is 11.8 Å². The van der Waals surface area contributed by atoms with Crippen LogP contribution in [0.2, 0.25) is 0 Å². The molecule has 0 saturated carbocycles. The summed E-state index contributed by atoms with van der Waals surface area (Å²) >= 11 is 0. The molecule has 7 rings (SSSR count). The third-order valence-electron chi connectivity index (χ3n) is 13.4. The number of nitrogens with zero attached hydrogens (tertiary/aromatic N) is 4. The van der Waals surface area contributed by atoms with Crippen molar-refractivity contribution in [1.29, 1.82) is 0 Å². The van der Waals surface area contributed by atoms with Gasteiger partial charge in [-0.2, -0.15) is 0 Å². The fourth-order valence-corrected chi connectivity index (χ4v) is 9.43. The van der Waals surface area contributed by atoms with Crippen molar-refractivity contribution in [2.75, 3.05) is 104 Å². The Morgan fingerprint density at radius 1 is 0.765 bits per heavy atom. The second kappa shape index (κ2) is 26.9. The molecular formula is C52H69N7O9. The van der Waals surface area contributed by atoms with Crippen molar-refractivity contribution >= 4 is 41.3 Å². The molecule has 0 radical (unpaired) electrons. The molecule has 1 atom stereocenters. The van der Waals surface area contributed by atoms with Crippen LogP contribution in [0, 0.1) is 5.92 Å². The van der Waals surface area contributed by atoms with Gasteiger partial charge in [-0.3, -0.25) is 34.3 Å². The van der Waals surface area contributed by atoms with E-state index in [0.29, 0.717) is 96.3 Å². The van der Waals surface area contributed by atoms with Gasteiger partial charge in [-0.05, 0) is 111 Å². The molecular weight excluding hydrogens is 867 g/mol. The van der Waals surface area contributed by atoms with Crippen LogP contribution in [0.4, 0.5) is 5.69 Å². The maximum absolute atomic E-state index is 13.3. The van der Waals surface area contributed by atoms with Crippen molar-refractivity contribution in [1.82, 2.24) is 30.3 Å². The van der Waals surface area contributed by atoms with Crippen molar-refractivity contribution < 1.29 is 42.9 Å². The van der Waals surface area contributed by atoms with E-state index in [1.807, 2.05) is 41.3 Å². The smallest absolute Gasteiger partial charge is 0.255 e. The molecule has 366 valence electrons. The van der Waals surface area contributed by atoms with Crippen LogP contribution >= 0.6 is 0 Å². The fraction of sp³-hybridized carbons (Fsp3) is 0.538. The number of aromatic nitrogens is 1. The Bertz CT molecular complexity index is 2120. The lowest BCUT2D eigenvalue weighted by atomic mass is 9.88. The van der Waals surface area contributed by atoms with Gasteiger partial charge in [-0.15, -0.1) is 0 Å². The van der Waals surface area contributed by atoms with E-state index >= 15 is 0 Å². The van der Waals surface area contributed by atoms with Crippen LogP contribution < -0.4 is 16.0 Å². The van der Waals surface area contributed by atoms with Crippen LogP contribution in [0.5, 0.6) is 0 Å². The van der Waals surface area contributed by atoms with E-state index in [2.05, 4.69) is 38.0 Å². The Labute approximate surface area is 400 Å². The highest BCUT2D eigenvalue weighted by Crippen LogP contribution is 2.33. The number of fused-ring (bicyclic) bond motifs is 1. The van der Waals surface area contributed by atoms with E-state index in [-0.39, 0.29) is 30.0 Å². The second-order valence-electron chi connectivity index (χ2n) is 18.0. The molecule has 2 aromatic carbocycles. The minimum absolute atomic E-state index is 0.0835. The van der Waals surface area contributed by atoms with Gasteiger partial charge < -0.3 is 44.3 Å². The number of pyridine rings is 1. The van der Waals surface area contributed by atoms with Gasteiger partial charge in [0.05, 0.1) is 52.9 Å². The molecule has 16 heteroatoms. The second-order valence-corrected chi connectivity index (χ2v) is 18.0. The number of hydrogen-bond acceptors (Lipinski definition) is 12. The largest absolute Gasteiger partial charge is 0.382 e. The molecule has 0 aliphatic carbocycles. The Morgan fingerprint density at radius 2 is 1.49 bits per heavy atom. The minimum atomic E-state index is -0.640. The topological polar surface area (TPSA) is 181 Å². The molecule has 0 spiro atoms. The van der Waals surface area contributed by atoms with Crippen LogP contribution in [-0.2, 0) is 39.9 Å². The standard InChI is InChI=1S/C52H69N7O9/c60-48(15-9-40-6-4-21-53-37-40)55-22-2-1-5-39-17-26-58(27-18-39)51(63)43-12-10-41(11-13-43)42-19-24-57(25-20-42)28-30-66-32-34-68-36-35-67-33-31-65-29-23-54-46-8-3-7-44-45(46)38-59(52(44)64)47-14-16-49(61)56-50(47)62/h3-4,6-13,15,21,37,39,42,47,54H,1-2,5,14,16-20,22-36,38H2,(H,55,60)(H,56,61,62)/b15-9+. The van der Waals surface area contributed by atoms with Crippen molar-refractivity contribution in [3.05, 3.63) is 101 Å². The average Bonchev–Trinajstić information content (AvgIpc) is 3.70. The number of hydrogen-bond donors (Lipinski definition) is 3. The third-order valence-corrected chi connectivity index (χ3v) is 13.4. The lowest BCUT2D eigenvalue weighted by Gasteiger charge is -2.33. The first-order valence-corrected chi connectivity index (χ1v) is 24.6. The molecule has 5 amide bonds. The SMILES string of the molecule is O=C(/C=C/c1cccnc1)NCCCCC1CCN(C(=O)c2ccc(C3CCN(CCOCCOCCOCCOCCNc4cccc5c4CN(C4CCC(=O)NC4=O)C5=O)CC3)cc2)CC1. The van der Waals surface area contributed by atoms with E-state index in [1.54, 1.807) is 35.5 Å². The maximum Gasteiger partial charge on any atom is 0.255 e. The van der Waals surface area contributed by atoms with Gasteiger partial charge in [0.1, 0.15) is 6.04 Å². The van der Waals surface area contributed by atoms with Crippen molar-refractivity contribution in [3.63, 3.8) is 0 Å². The monoisotopic (exact) mass is 936 g/mol. The number of anilines is 1. The Morgan fingerprint density at radius 3 is 2.19 bits per heavy atom. The first-order chi connectivity index (χ1) is 33.3. The minimum Gasteiger partial charge on any atom is -0.382 e. The number of rotatable bonds is 26. The summed E-state index contributed by atoms with van der Waals surface area (Å²) in [6.45, 7) is 10.1. The summed E-state index contributed by atoms with van der Waals surface area (Å²) in [5, 5.41) is 8.65. The molecule has 16 nitrogen and oxygen atoms in total. The van der Waals surface area contributed by atoms with Crippen LogP contribution in [0.15, 0.2) is 73.1 Å². The van der Waals surface area contributed by atoms with E-state index in [9.17, 15) is 24.0 Å². The number of piperidine rings is 3. The maximum atomic E-state index is 13.3. The summed E-state index contributed by atoms with van der Waals surface area (Å²) in [6.07, 6.45) is 14.7. The van der Waals surface area contributed by atoms with E-state index in [4.69, 9.17) is 18.9 Å². The molecule has 5 heterocycles. The predicted octanol–water partition coefficient (Wildman–Crippen LogP) is 5.05. The summed E-state index contributed by atoms with van der Waals surface area (Å²) in [5.41, 5.74) is 5.25. The number of ether oxygens (including phenoxy) is 4. The fourth-order valence-electron chi connectivity index (χ4n) is 9.43. The quantitative estimate of drug-likeness (QED) is 0.0555. The number of amides is 5. The molecule has 3 aromatic rings. The lowest BCUT2D eigenvalue weighted by Crippen LogP contribution is -2.52. The molecule has 0 bridgehead atoms. The van der Waals surface area contributed by atoms with Gasteiger partial charge in [0.15, 0.2) is 0 Å². The Kier molecular flexibility index (Phi) is 19.9. The number of likely N-dealkylation sites (tertiary alicyclic amines) is 2. The zero-order valence-electron chi connectivity index (χ0n) is 39.4. The first kappa shape index (κ1) is 50.4. The predicted molar refractivity (Wildman–Crippen MR) is 258 cm³/mol. The number of carbonyl (C=O) groups is 5. The van der Waals surface area contributed by atoms with E-state index in [0.717, 1.165) is 100 Å². The number of imide groups is 1. The number of nitrogens with one attached hydrogen (secondary N) is 3. The van der Waals surface area contributed by atoms with Crippen LogP contribution in [0.25, 0.3) is 6.08 Å². The molecule has 3 saturated heterocycles. The van der Waals surface area contributed by atoms with Crippen molar-refractivity contribution in [2.45, 2.75) is 76.3 Å². The number of carbonyl (C=O) groups excluding carboxylic acids is 5. The molecule has 3 N–H and O–H groups in total. The molecule has 4 aliphatic rings. The van der Waals surface area contributed by atoms with Gasteiger partial charge in [-0.25, -0.2) is 0 Å². The molecule has 3 fully saturated rings. The van der Waals surface area contributed by atoms with Gasteiger partial charge in [0.2, 0.25) is 17.7 Å². The normalized spacial score (nSPS) is 18.3. The van der Waals surface area contributed by atoms with Crippen LogP contribution in [0.1, 0.15) is 101 Å². The van der Waals surface area contributed by atoms with Crippen molar-refractivity contribution in [2.24, 2.45) is 5.92 Å². The number of benzene rings is 2. The summed E-state index contributed by atoms with van der Waals surface area (Å²) < 4.78 is 22.9. The highest BCUT2D eigenvalue weighted by Gasteiger charge is 2.40. The summed E-state index contributed by atoms with van der Waals surface area (Å²) in [7, 11) is 0. The first-order valence-electron chi connectivity index (χ1n) is 24.6. The highest BCUT2D eigenvalue weighted by molar-refractivity contribution is 6.06. The molecule has 4 aliphatic heterocycles. The van der Waals surface area contributed by atoms with Crippen LogP contribution in [0.3, 0.4) is 0 Å². The third kappa shape index (κ3) is 15.2. The lowest BCUT2D eigenvalue weighted by molar-refractivity contribution is -0.137. The molecule has 1 aromatic heterocycles. The molecule has 1 unspecified atom stereocenters. The Hall–Kier alpha value is -5.52. The summed E-state index contributed by atoms with van der Waals surface area (Å²) in [4.78, 5) is 72.5.